The fourth-order valence-electron chi connectivity index (χ4n) is 4.40. The summed E-state index contributed by atoms with van der Waals surface area (Å²) in [5.41, 5.74) is 2.19. The molecule has 2 unspecified atom stereocenters. The predicted molar refractivity (Wildman–Crippen MR) is 123 cm³/mol. The van der Waals surface area contributed by atoms with Crippen molar-refractivity contribution in [2.45, 2.75) is 45.4 Å². The number of aliphatic hydroxyl groups excluding tert-OH is 1. The van der Waals surface area contributed by atoms with Gasteiger partial charge in [0.1, 0.15) is 23.4 Å². The summed E-state index contributed by atoms with van der Waals surface area (Å²) in [5.74, 6) is -0.172. The molecule has 2 aromatic rings. The Balaban J connectivity index is 1.82. The van der Waals surface area contributed by atoms with Crippen LogP contribution in [0.25, 0.3) is 5.76 Å². The zero-order chi connectivity index (χ0) is 23.7. The number of carbonyl (C=O) groups excluding carboxylic acids is 2. The van der Waals surface area contributed by atoms with E-state index in [9.17, 15) is 14.7 Å². The van der Waals surface area contributed by atoms with Gasteiger partial charge in [-0.2, -0.15) is 0 Å². The summed E-state index contributed by atoms with van der Waals surface area (Å²) in [5, 5.41) is 11.3. The molecule has 2 aromatic carbocycles. The number of hydrogen-bond acceptors (Lipinski definition) is 6. The third-order valence-corrected chi connectivity index (χ3v) is 5.79. The first-order valence-electron chi connectivity index (χ1n) is 11.1. The van der Waals surface area contributed by atoms with E-state index in [4.69, 9.17) is 14.2 Å². The van der Waals surface area contributed by atoms with Crippen LogP contribution < -0.4 is 9.47 Å². The number of likely N-dealkylation sites (tertiary alicyclic amines) is 1. The van der Waals surface area contributed by atoms with Crippen molar-refractivity contribution in [3.05, 3.63) is 64.7 Å². The average Bonchev–Trinajstić information content (AvgIpc) is 3.27. The Morgan fingerprint density at radius 2 is 2.00 bits per heavy atom. The monoisotopic (exact) mass is 451 g/mol. The first-order valence-corrected chi connectivity index (χ1v) is 11.1. The van der Waals surface area contributed by atoms with E-state index in [1.165, 1.54) is 12.0 Å². The van der Waals surface area contributed by atoms with Crippen molar-refractivity contribution in [1.29, 1.82) is 0 Å². The molecule has 7 heteroatoms. The zero-order valence-corrected chi connectivity index (χ0v) is 19.3. The van der Waals surface area contributed by atoms with E-state index in [0.29, 0.717) is 16.9 Å². The molecular weight excluding hydrogens is 422 g/mol. The molecule has 0 bridgehead atoms. The maximum absolute atomic E-state index is 13.1. The van der Waals surface area contributed by atoms with Gasteiger partial charge in [0, 0.05) is 25.6 Å². The molecule has 33 heavy (non-hydrogen) atoms. The van der Waals surface area contributed by atoms with Gasteiger partial charge in [-0.3, -0.25) is 9.59 Å². The summed E-state index contributed by atoms with van der Waals surface area (Å²) in [6.07, 6.45) is 0.744. The molecule has 1 saturated heterocycles. The lowest BCUT2D eigenvalue weighted by Gasteiger charge is -2.25. The maximum Gasteiger partial charge on any atom is 0.295 e. The largest absolute Gasteiger partial charge is 0.507 e. The average molecular weight is 452 g/mol. The van der Waals surface area contributed by atoms with Gasteiger partial charge in [0.05, 0.1) is 24.3 Å². The number of fused-ring (bicyclic) bond motifs is 1. The molecule has 7 nitrogen and oxygen atoms in total. The zero-order valence-electron chi connectivity index (χ0n) is 19.3. The molecule has 2 heterocycles. The minimum atomic E-state index is -0.751. The van der Waals surface area contributed by atoms with Crippen LogP contribution in [0.1, 0.15) is 43.5 Å². The topological polar surface area (TPSA) is 85.3 Å². The van der Waals surface area contributed by atoms with Crippen LogP contribution in [0, 0.1) is 0 Å². The van der Waals surface area contributed by atoms with Crippen molar-refractivity contribution < 1.29 is 28.9 Å². The number of amides is 1. The number of aliphatic hydroxyl groups is 1. The Hall–Kier alpha value is -3.32. The maximum atomic E-state index is 13.1. The Morgan fingerprint density at radius 3 is 2.73 bits per heavy atom. The van der Waals surface area contributed by atoms with Gasteiger partial charge in [0.2, 0.25) is 0 Å². The number of ketones is 1. The van der Waals surface area contributed by atoms with Crippen molar-refractivity contribution in [2.24, 2.45) is 0 Å². The number of hydrogen-bond donors (Lipinski definition) is 1. The highest BCUT2D eigenvalue weighted by molar-refractivity contribution is 6.46. The highest BCUT2D eigenvalue weighted by atomic mass is 16.5. The quantitative estimate of drug-likeness (QED) is 0.391. The van der Waals surface area contributed by atoms with E-state index < -0.39 is 17.7 Å². The lowest BCUT2D eigenvalue weighted by atomic mass is 9.94. The molecule has 2 atom stereocenters. The van der Waals surface area contributed by atoms with E-state index in [1.54, 1.807) is 12.1 Å². The molecule has 174 valence electrons. The molecule has 0 saturated carbocycles. The molecule has 4 rings (SSSR count). The Morgan fingerprint density at radius 1 is 1.21 bits per heavy atom. The van der Waals surface area contributed by atoms with Gasteiger partial charge in [0.15, 0.2) is 0 Å². The summed E-state index contributed by atoms with van der Waals surface area (Å²) in [6.45, 7) is 6.31. The lowest BCUT2D eigenvalue weighted by molar-refractivity contribution is -0.140. The Labute approximate surface area is 193 Å². The van der Waals surface area contributed by atoms with Gasteiger partial charge in [0.25, 0.3) is 11.7 Å². The van der Waals surface area contributed by atoms with Crippen LogP contribution in [0.4, 0.5) is 0 Å². The van der Waals surface area contributed by atoms with Crippen LogP contribution in [0.15, 0.2) is 48.0 Å². The SMILES string of the molecule is COCCN1C(=O)C(=O)/C(=C(\O)c2ccc3c(c2)CC(C)O3)C1c1cccc(OC(C)C)c1. The number of benzene rings is 2. The minimum Gasteiger partial charge on any atom is -0.507 e. The highest BCUT2D eigenvalue weighted by Gasteiger charge is 2.46. The first kappa shape index (κ1) is 22.9. The Kier molecular flexibility index (Phi) is 6.42. The van der Waals surface area contributed by atoms with Crippen molar-refractivity contribution in [3.63, 3.8) is 0 Å². The first-order chi connectivity index (χ1) is 15.8. The van der Waals surface area contributed by atoms with Crippen molar-refractivity contribution in [1.82, 2.24) is 4.90 Å². The molecule has 2 aliphatic heterocycles. The van der Waals surface area contributed by atoms with Crippen molar-refractivity contribution >= 4 is 17.4 Å². The summed E-state index contributed by atoms with van der Waals surface area (Å²) >= 11 is 0. The van der Waals surface area contributed by atoms with Crippen molar-refractivity contribution in [2.75, 3.05) is 20.3 Å². The molecule has 1 N–H and O–H groups in total. The second-order valence-electron chi connectivity index (χ2n) is 8.68. The van der Waals surface area contributed by atoms with Crippen molar-refractivity contribution in [3.8, 4) is 11.5 Å². The smallest absolute Gasteiger partial charge is 0.295 e. The van der Waals surface area contributed by atoms with E-state index in [-0.39, 0.29) is 36.7 Å². The van der Waals surface area contributed by atoms with Gasteiger partial charge in [-0.1, -0.05) is 12.1 Å². The standard InChI is InChI=1S/C26H29NO6/c1-15(2)32-20-7-5-6-17(14-20)23-22(25(29)26(30)27(23)10-11-31-4)24(28)18-8-9-21-19(13-18)12-16(3)33-21/h5-9,13-16,23,28H,10-12H2,1-4H3/b24-22-. The fourth-order valence-corrected chi connectivity index (χ4v) is 4.40. The lowest BCUT2D eigenvalue weighted by Crippen LogP contribution is -2.32. The van der Waals surface area contributed by atoms with E-state index in [1.807, 2.05) is 51.1 Å². The number of nitrogens with zero attached hydrogens (tertiary/aromatic N) is 1. The fraction of sp³-hybridized carbons (Fsp3) is 0.385. The third-order valence-electron chi connectivity index (χ3n) is 5.79. The highest BCUT2D eigenvalue weighted by Crippen LogP contribution is 2.41. The van der Waals surface area contributed by atoms with Crippen LogP contribution in [0.5, 0.6) is 11.5 Å². The Bertz CT molecular complexity index is 1110. The molecule has 1 fully saturated rings. The van der Waals surface area contributed by atoms with Crippen LogP contribution in [-0.2, 0) is 20.7 Å². The van der Waals surface area contributed by atoms with Gasteiger partial charge in [-0.15, -0.1) is 0 Å². The second-order valence-corrected chi connectivity index (χ2v) is 8.68. The number of rotatable bonds is 7. The molecule has 0 aliphatic carbocycles. The predicted octanol–water partition coefficient (Wildman–Crippen LogP) is 3.87. The summed E-state index contributed by atoms with van der Waals surface area (Å²) in [7, 11) is 1.54. The summed E-state index contributed by atoms with van der Waals surface area (Å²) < 4.78 is 16.7. The summed E-state index contributed by atoms with van der Waals surface area (Å²) in [6, 6.07) is 11.9. The number of Topliss-reactive ketones (excluding diaryl/α,β-unsaturated/α-hetero) is 1. The normalized spacial score (nSPS) is 21.4. The summed E-state index contributed by atoms with van der Waals surface area (Å²) in [4.78, 5) is 27.5. The minimum absolute atomic E-state index is 0.0314. The number of methoxy groups -OCH3 is 1. The second kappa shape index (κ2) is 9.27. The molecule has 0 radical (unpaired) electrons. The van der Waals surface area contributed by atoms with Gasteiger partial charge < -0.3 is 24.2 Å². The van der Waals surface area contributed by atoms with Gasteiger partial charge in [-0.25, -0.2) is 0 Å². The van der Waals surface area contributed by atoms with Crippen LogP contribution in [-0.4, -0.2) is 54.2 Å². The number of ether oxygens (including phenoxy) is 3. The van der Waals surface area contributed by atoms with Crippen LogP contribution in [0.2, 0.25) is 0 Å². The van der Waals surface area contributed by atoms with Gasteiger partial charge >= 0.3 is 0 Å². The molecule has 0 aromatic heterocycles. The van der Waals surface area contributed by atoms with Gasteiger partial charge in [-0.05, 0) is 62.2 Å². The van der Waals surface area contributed by atoms with E-state index >= 15 is 0 Å². The van der Waals surface area contributed by atoms with E-state index in [0.717, 1.165) is 17.7 Å². The van der Waals surface area contributed by atoms with E-state index in [2.05, 4.69) is 0 Å². The molecule has 2 aliphatic rings. The molecule has 0 spiro atoms. The third kappa shape index (κ3) is 4.46. The van der Waals surface area contributed by atoms with Crippen LogP contribution >= 0.6 is 0 Å². The molecular formula is C26H29NO6. The molecule has 1 amide bonds. The van der Waals surface area contributed by atoms with Crippen LogP contribution in [0.3, 0.4) is 0 Å². The number of carbonyl (C=O) groups is 2.